The second-order valence-corrected chi connectivity index (χ2v) is 5.21. The molecule has 0 spiro atoms. The zero-order valence-electron chi connectivity index (χ0n) is 11.1. The summed E-state index contributed by atoms with van der Waals surface area (Å²) in [5, 5.41) is 12.4. The normalized spacial score (nSPS) is 24.7. The Labute approximate surface area is 114 Å². The highest BCUT2D eigenvalue weighted by Gasteiger charge is 2.29. The molecule has 2 rings (SSSR count). The maximum atomic E-state index is 12.2. The van der Waals surface area contributed by atoms with Gasteiger partial charge in [-0.25, -0.2) is 0 Å². The highest BCUT2D eigenvalue weighted by Crippen LogP contribution is 2.24. The third kappa shape index (κ3) is 3.55. The van der Waals surface area contributed by atoms with E-state index in [1.165, 1.54) is 0 Å². The molecule has 0 saturated heterocycles. The van der Waals surface area contributed by atoms with Crippen LogP contribution in [0.4, 0.5) is 0 Å². The zero-order chi connectivity index (χ0) is 13.7. The van der Waals surface area contributed by atoms with E-state index in [0.717, 1.165) is 31.2 Å². The van der Waals surface area contributed by atoms with Crippen LogP contribution in [-0.4, -0.2) is 23.7 Å². The first-order valence-corrected chi connectivity index (χ1v) is 6.94. The quantitative estimate of drug-likeness (QED) is 0.766. The average molecular weight is 262 g/mol. The number of rotatable bonds is 4. The molecular formula is C15H22N2O2. The van der Waals surface area contributed by atoms with Crippen molar-refractivity contribution in [3.8, 4) is 0 Å². The van der Waals surface area contributed by atoms with Gasteiger partial charge in [-0.05, 0) is 18.4 Å². The molecule has 3 atom stereocenters. The number of nitrogens with two attached hydrogens (primary N) is 1. The fourth-order valence-electron chi connectivity index (χ4n) is 2.68. The standard InChI is InChI=1S/C15H22N2O2/c16-13-9-5-4-8-12(13)15(19)17-14(10-18)11-6-2-1-3-7-11/h1-3,6-7,12-14,18H,4-5,8-10,16H2,(H,17,19)/t12?,13?,14-/m0/s1. The summed E-state index contributed by atoms with van der Waals surface area (Å²) in [6.45, 7) is -0.0995. The lowest BCUT2D eigenvalue weighted by molar-refractivity contribution is -0.127. The van der Waals surface area contributed by atoms with Gasteiger partial charge in [-0.1, -0.05) is 43.2 Å². The number of aliphatic hydroxyl groups excluding tert-OH is 1. The van der Waals surface area contributed by atoms with Crippen LogP contribution in [0.1, 0.15) is 37.3 Å². The third-order valence-corrected chi connectivity index (χ3v) is 3.86. The lowest BCUT2D eigenvalue weighted by atomic mass is 9.84. The summed E-state index contributed by atoms with van der Waals surface area (Å²) in [5.74, 6) is -0.151. The summed E-state index contributed by atoms with van der Waals surface area (Å²) < 4.78 is 0. The van der Waals surface area contributed by atoms with E-state index in [9.17, 15) is 9.90 Å². The van der Waals surface area contributed by atoms with Crippen LogP contribution in [0.3, 0.4) is 0 Å². The van der Waals surface area contributed by atoms with Crippen molar-refractivity contribution < 1.29 is 9.90 Å². The molecule has 0 radical (unpaired) electrons. The van der Waals surface area contributed by atoms with Crippen LogP contribution in [0.25, 0.3) is 0 Å². The second kappa shape index (κ2) is 6.68. The average Bonchev–Trinajstić information content (AvgIpc) is 2.46. The fraction of sp³-hybridized carbons (Fsp3) is 0.533. The Morgan fingerprint density at radius 2 is 2.00 bits per heavy atom. The van der Waals surface area contributed by atoms with Crippen LogP contribution in [0, 0.1) is 5.92 Å². The van der Waals surface area contributed by atoms with Crippen LogP contribution in [0.15, 0.2) is 30.3 Å². The number of hydrogen-bond donors (Lipinski definition) is 3. The van der Waals surface area contributed by atoms with Gasteiger partial charge in [-0.15, -0.1) is 0 Å². The Balaban J connectivity index is 2.00. The monoisotopic (exact) mass is 262 g/mol. The lowest BCUT2D eigenvalue weighted by Gasteiger charge is -2.29. The predicted octanol–water partition coefficient (Wildman–Crippen LogP) is 1.35. The molecule has 0 aliphatic heterocycles. The third-order valence-electron chi connectivity index (χ3n) is 3.86. The van der Waals surface area contributed by atoms with Crippen molar-refractivity contribution >= 4 is 5.91 Å². The highest BCUT2D eigenvalue weighted by molar-refractivity contribution is 5.80. The fourth-order valence-corrected chi connectivity index (χ4v) is 2.68. The van der Waals surface area contributed by atoms with Crippen molar-refractivity contribution in [2.24, 2.45) is 11.7 Å². The summed E-state index contributed by atoms with van der Waals surface area (Å²) in [4.78, 5) is 12.2. The number of aliphatic hydroxyl groups is 1. The summed E-state index contributed by atoms with van der Waals surface area (Å²) in [5.41, 5.74) is 6.93. The van der Waals surface area contributed by atoms with Crippen LogP contribution < -0.4 is 11.1 Å². The Morgan fingerprint density at radius 3 is 2.63 bits per heavy atom. The largest absolute Gasteiger partial charge is 0.394 e. The topological polar surface area (TPSA) is 75.4 Å². The minimum atomic E-state index is -0.345. The number of amides is 1. The summed E-state index contributed by atoms with van der Waals surface area (Å²) in [7, 11) is 0. The van der Waals surface area contributed by atoms with Gasteiger partial charge in [-0.3, -0.25) is 4.79 Å². The first-order chi connectivity index (χ1) is 9.22. The minimum absolute atomic E-state index is 0.0323. The smallest absolute Gasteiger partial charge is 0.225 e. The van der Waals surface area contributed by atoms with Crippen molar-refractivity contribution in [3.63, 3.8) is 0 Å². The molecule has 104 valence electrons. The molecule has 0 heterocycles. The maximum Gasteiger partial charge on any atom is 0.225 e. The van der Waals surface area contributed by atoms with Crippen molar-refractivity contribution in [2.75, 3.05) is 6.61 Å². The number of benzene rings is 1. The Morgan fingerprint density at radius 1 is 1.32 bits per heavy atom. The van der Waals surface area contributed by atoms with Gasteiger partial charge >= 0.3 is 0 Å². The number of nitrogens with one attached hydrogen (secondary N) is 1. The maximum absolute atomic E-state index is 12.2. The van der Waals surface area contributed by atoms with E-state index in [0.29, 0.717) is 0 Å². The molecule has 2 unspecified atom stereocenters. The first kappa shape index (κ1) is 14.0. The summed E-state index contributed by atoms with van der Waals surface area (Å²) in [6.07, 6.45) is 3.92. The van der Waals surface area contributed by atoms with Gasteiger partial charge in [0.05, 0.1) is 18.6 Å². The summed E-state index contributed by atoms with van der Waals surface area (Å²) in [6, 6.07) is 9.12. The van der Waals surface area contributed by atoms with Crippen molar-refractivity contribution in [2.45, 2.75) is 37.8 Å². The van der Waals surface area contributed by atoms with Gasteiger partial charge in [0.25, 0.3) is 0 Å². The SMILES string of the molecule is NC1CCCCC1C(=O)N[C@@H](CO)c1ccccc1. The zero-order valence-corrected chi connectivity index (χ0v) is 11.1. The molecule has 1 amide bonds. The van der Waals surface area contributed by atoms with Gasteiger partial charge in [0.15, 0.2) is 0 Å². The van der Waals surface area contributed by atoms with Gasteiger partial charge in [-0.2, -0.15) is 0 Å². The van der Waals surface area contributed by atoms with E-state index in [1.807, 2.05) is 30.3 Å². The van der Waals surface area contributed by atoms with E-state index < -0.39 is 0 Å². The molecule has 1 aliphatic rings. The molecule has 1 aromatic rings. The highest BCUT2D eigenvalue weighted by atomic mass is 16.3. The molecule has 0 bridgehead atoms. The van der Waals surface area contributed by atoms with Gasteiger partial charge in [0.2, 0.25) is 5.91 Å². The van der Waals surface area contributed by atoms with Crippen molar-refractivity contribution in [3.05, 3.63) is 35.9 Å². The molecule has 19 heavy (non-hydrogen) atoms. The minimum Gasteiger partial charge on any atom is -0.394 e. The Kier molecular flexibility index (Phi) is 4.93. The van der Waals surface area contributed by atoms with Crippen LogP contribution in [-0.2, 0) is 4.79 Å². The number of hydrogen-bond acceptors (Lipinski definition) is 3. The van der Waals surface area contributed by atoms with Crippen molar-refractivity contribution in [1.29, 1.82) is 0 Å². The first-order valence-electron chi connectivity index (χ1n) is 6.94. The second-order valence-electron chi connectivity index (χ2n) is 5.21. The lowest BCUT2D eigenvalue weighted by Crippen LogP contribution is -2.45. The van der Waals surface area contributed by atoms with Gasteiger partial charge in [0.1, 0.15) is 0 Å². The number of carbonyl (C=O) groups is 1. The molecule has 1 fully saturated rings. The van der Waals surface area contributed by atoms with E-state index in [1.54, 1.807) is 0 Å². The Hall–Kier alpha value is -1.39. The van der Waals surface area contributed by atoms with Crippen LogP contribution in [0.5, 0.6) is 0 Å². The molecule has 4 heteroatoms. The summed E-state index contributed by atoms with van der Waals surface area (Å²) >= 11 is 0. The molecule has 4 N–H and O–H groups in total. The van der Waals surface area contributed by atoms with E-state index in [-0.39, 0.29) is 30.5 Å². The molecule has 4 nitrogen and oxygen atoms in total. The van der Waals surface area contributed by atoms with E-state index in [4.69, 9.17) is 5.73 Å². The van der Waals surface area contributed by atoms with Gasteiger partial charge in [0, 0.05) is 6.04 Å². The molecule has 0 aromatic heterocycles. The van der Waals surface area contributed by atoms with E-state index in [2.05, 4.69) is 5.32 Å². The van der Waals surface area contributed by atoms with Gasteiger partial charge < -0.3 is 16.2 Å². The van der Waals surface area contributed by atoms with Crippen LogP contribution in [0.2, 0.25) is 0 Å². The molecule has 1 aliphatic carbocycles. The number of carbonyl (C=O) groups excluding carboxylic acids is 1. The molecule has 1 aromatic carbocycles. The van der Waals surface area contributed by atoms with Crippen molar-refractivity contribution in [1.82, 2.24) is 5.32 Å². The van der Waals surface area contributed by atoms with Crippen LogP contribution >= 0.6 is 0 Å². The molecular weight excluding hydrogens is 240 g/mol. The predicted molar refractivity (Wildman–Crippen MR) is 74.3 cm³/mol. The molecule has 1 saturated carbocycles. The van der Waals surface area contributed by atoms with E-state index >= 15 is 0 Å². The Bertz CT molecular complexity index is 408.